The van der Waals surface area contributed by atoms with Crippen molar-refractivity contribution in [1.29, 1.82) is 0 Å². The van der Waals surface area contributed by atoms with E-state index in [0.29, 0.717) is 6.42 Å². The van der Waals surface area contributed by atoms with Crippen LogP contribution in [0.3, 0.4) is 0 Å². The van der Waals surface area contributed by atoms with Crippen LogP contribution in [0.4, 0.5) is 22.0 Å². The Labute approximate surface area is 102 Å². The molecule has 1 aromatic rings. The topological polar surface area (TPSA) is 26.0 Å². The van der Waals surface area contributed by atoms with E-state index in [0.717, 1.165) is 0 Å². The van der Waals surface area contributed by atoms with E-state index in [4.69, 9.17) is 5.73 Å². The van der Waals surface area contributed by atoms with Crippen molar-refractivity contribution in [2.45, 2.75) is 32.7 Å². The molecule has 18 heavy (non-hydrogen) atoms. The lowest BCUT2D eigenvalue weighted by atomic mass is 9.97. The fraction of sp³-hybridized carbons (Fsp3) is 0.500. The molecule has 0 heterocycles. The highest BCUT2D eigenvalue weighted by atomic mass is 19.2. The van der Waals surface area contributed by atoms with Crippen molar-refractivity contribution in [3.05, 3.63) is 34.6 Å². The van der Waals surface area contributed by atoms with Crippen LogP contribution in [0.5, 0.6) is 0 Å². The Kier molecular flexibility index (Phi) is 4.67. The van der Waals surface area contributed by atoms with E-state index in [1.54, 1.807) is 0 Å². The molecule has 1 nitrogen and oxygen atoms in total. The molecule has 6 heteroatoms. The number of rotatable bonds is 4. The normalized spacial score (nSPS) is 13.2. The summed E-state index contributed by atoms with van der Waals surface area (Å²) in [6, 6.07) is -1.21. The van der Waals surface area contributed by atoms with E-state index in [-0.39, 0.29) is 12.3 Å². The second-order valence-electron chi connectivity index (χ2n) is 4.56. The van der Waals surface area contributed by atoms with Crippen LogP contribution >= 0.6 is 0 Å². The van der Waals surface area contributed by atoms with Crippen LogP contribution in [-0.2, 0) is 0 Å². The van der Waals surface area contributed by atoms with Crippen LogP contribution in [-0.4, -0.2) is 0 Å². The summed E-state index contributed by atoms with van der Waals surface area (Å²) in [7, 11) is 0. The zero-order chi connectivity index (χ0) is 14.0. The third-order valence-corrected chi connectivity index (χ3v) is 2.67. The van der Waals surface area contributed by atoms with Crippen molar-refractivity contribution in [3.63, 3.8) is 0 Å². The minimum Gasteiger partial charge on any atom is -0.324 e. The van der Waals surface area contributed by atoms with Gasteiger partial charge in [0.1, 0.15) is 0 Å². The maximum Gasteiger partial charge on any atom is 0.200 e. The molecular weight excluding hydrogens is 253 g/mol. The second-order valence-corrected chi connectivity index (χ2v) is 4.56. The van der Waals surface area contributed by atoms with Crippen molar-refractivity contribution in [3.8, 4) is 0 Å². The van der Waals surface area contributed by atoms with E-state index < -0.39 is 40.7 Å². The Balaban J connectivity index is 3.16. The molecule has 1 rings (SSSR count). The molecule has 0 aliphatic carbocycles. The lowest BCUT2D eigenvalue weighted by molar-refractivity contribution is 0.359. The van der Waals surface area contributed by atoms with Crippen molar-refractivity contribution >= 4 is 0 Å². The molecule has 0 bridgehead atoms. The van der Waals surface area contributed by atoms with E-state index in [9.17, 15) is 22.0 Å². The average molecular weight is 267 g/mol. The molecule has 0 amide bonds. The van der Waals surface area contributed by atoms with Gasteiger partial charge in [-0.15, -0.1) is 0 Å². The Hall–Kier alpha value is -1.17. The zero-order valence-electron chi connectivity index (χ0n) is 10.0. The van der Waals surface area contributed by atoms with Gasteiger partial charge in [0.25, 0.3) is 0 Å². The van der Waals surface area contributed by atoms with Gasteiger partial charge in [-0.05, 0) is 18.8 Å². The molecule has 0 radical (unpaired) electrons. The van der Waals surface area contributed by atoms with Gasteiger partial charge in [-0.2, -0.15) is 0 Å². The van der Waals surface area contributed by atoms with Crippen LogP contribution < -0.4 is 5.73 Å². The predicted molar refractivity (Wildman–Crippen MR) is 57.2 cm³/mol. The minimum absolute atomic E-state index is 0.149. The second kappa shape index (κ2) is 5.65. The zero-order valence-corrected chi connectivity index (χ0v) is 10.0. The Bertz CT molecular complexity index is 416. The standard InChI is InChI=1S/C12H14F5N/c1-5(2)3-4-6(18)7-8(13)10(15)12(17)11(16)9(7)14/h5-6H,3-4,18H2,1-2H3/t6-/m0/s1. The first-order chi connectivity index (χ1) is 8.27. The first-order valence-corrected chi connectivity index (χ1v) is 5.54. The van der Waals surface area contributed by atoms with Gasteiger partial charge in [0.15, 0.2) is 23.3 Å². The molecule has 0 saturated carbocycles. The van der Waals surface area contributed by atoms with Crippen molar-refractivity contribution in [2.75, 3.05) is 0 Å². The van der Waals surface area contributed by atoms with Crippen LogP contribution in [0, 0.1) is 35.0 Å². The molecule has 102 valence electrons. The number of hydrogen-bond donors (Lipinski definition) is 1. The van der Waals surface area contributed by atoms with Crippen LogP contribution in [0.2, 0.25) is 0 Å². The van der Waals surface area contributed by atoms with Crippen LogP contribution in [0.1, 0.15) is 38.3 Å². The highest BCUT2D eigenvalue weighted by molar-refractivity contribution is 5.26. The summed E-state index contributed by atoms with van der Waals surface area (Å²) in [4.78, 5) is 0. The molecule has 1 aromatic carbocycles. The highest BCUT2D eigenvalue weighted by Crippen LogP contribution is 2.29. The van der Waals surface area contributed by atoms with Gasteiger partial charge in [0, 0.05) is 11.6 Å². The van der Waals surface area contributed by atoms with Gasteiger partial charge in [-0.3, -0.25) is 0 Å². The third-order valence-electron chi connectivity index (χ3n) is 2.67. The van der Waals surface area contributed by atoms with Gasteiger partial charge < -0.3 is 5.73 Å². The van der Waals surface area contributed by atoms with Gasteiger partial charge in [0.05, 0.1) is 0 Å². The first-order valence-electron chi connectivity index (χ1n) is 5.54. The van der Waals surface area contributed by atoms with E-state index in [1.165, 1.54) is 0 Å². The molecule has 0 aliphatic heterocycles. The highest BCUT2D eigenvalue weighted by Gasteiger charge is 2.28. The molecule has 0 unspecified atom stereocenters. The summed E-state index contributed by atoms with van der Waals surface area (Å²) in [5.74, 6) is -9.54. The predicted octanol–water partition coefficient (Wildman–Crippen LogP) is 3.82. The SMILES string of the molecule is CC(C)CC[C@H](N)c1c(F)c(F)c(F)c(F)c1F. The van der Waals surface area contributed by atoms with Gasteiger partial charge in [-0.25, -0.2) is 22.0 Å². The summed E-state index contributed by atoms with van der Waals surface area (Å²) in [6.07, 6.45) is 0.677. The van der Waals surface area contributed by atoms with Crippen LogP contribution in [0.25, 0.3) is 0 Å². The molecule has 1 atom stereocenters. The Morgan fingerprint density at radius 1 is 0.778 bits per heavy atom. The van der Waals surface area contributed by atoms with E-state index in [1.807, 2.05) is 13.8 Å². The molecular formula is C12H14F5N. The summed E-state index contributed by atoms with van der Waals surface area (Å²) in [5, 5.41) is 0. The smallest absolute Gasteiger partial charge is 0.200 e. The summed E-state index contributed by atoms with van der Waals surface area (Å²) >= 11 is 0. The molecule has 0 fully saturated rings. The fourth-order valence-corrected chi connectivity index (χ4v) is 1.60. The summed E-state index contributed by atoms with van der Waals surface area (Å²) in [6.45, 7) is 3.73. The molecule has 0 spiro atoms. The number of halogens is 5. The lowest BCUT2D eigenvalue weighted by Crippen LogP contribution is -2.18. The van der Waals surface area contributed by atoms with E-state index in [2.05, 4.69) is 0 Å². The molecule has 0 saturated heterocycles. The largest absolute Gasteiger partial charge is 0.324 e. The maximum atomic E-state index is 13.4. The van der Waals surface area contributed by atoms with Crippen LogP contribution in [0.15, 0.2) is 0 Å². The summed E-state index contributed by atoms with van der Waals surface area (Å²) in [5.41, 5.74) is 4.56. The number of nitrogens with two attached hydrogens (primary N) is 1. The monoisotopic (exact) mass is 267 g/mol. The minimum atomic E-state index is -2.16. The van der Waals surface area contributed by atoms with Crippen molar-refractivity contribution in [2.24, 2.45) is 11.7 Å². The number of benzene rings is 1. The van der Waals surface area contributed by atoms with Gasteiger partial charge in [-0.1, -0.05) is 13.8 Å². The summed E-state index contributed by atoms with van der Waals surface area (Å²) < 4.78 is 65.5. The van der Waals surface area contributed by atoms with Crippen molar-refractivity contribution in [1.82, 2.24) is 0 Å². The van der Waals surface area contributed by atoms with E-state index >= 15 is 0 Å². The quantitative estimate of drug-likeness (QED) is 0.501. The van der Waals surface area contributed by atoms with Gasteiger partial charge >= 0.3 is 0 Å². The first kappa shape index (κ1) is 14.9. The molecule has 0 aliphatic rings. The Morgan fingerprint density at radius 3 is 1.56 bits per heavy atom. The lowest BCUT2D eigenvalue weighted by Gasteiger charge is -2.16. The molecule has 2 N–H and O–H groups in total. The average Bonchev–Trinajstić information content (AvgIpc) is 2.31. The molecule has 0 aromatic heterocycles. The Morgan fingerprint density at radius 2 is 1.17 bits per heavy atom. The fourth-order valence-electron chi connectivity index (χ4n) is 1.60. The third kappa shape index (κ3) is 2.80. The van der Waals surface area contributed by atoms with Crippen molar-refractivity contribution < 1.29 is 22.0 Å². The van der Waals surface area contributed by atoms with Gasteiger partial charge in [0.2, 0.25) is 5.82 Å². The maximum absolute atomic E-state index is 13.4. The number of hydrogen-bond acceptors (Lipinski definition) is 1.